The van der Waals surface area contributed by atoms with Gasteiger partial charge in [0.1, 0.15) is 17.0 Å². The number of aliphatic hydroxyl groups is 1. The molecule has 12 heteroatoms. The number of amides is 1. The summed E-state index contributed by atoms with van der Waals surface area (Å²) in [6, 6.07) is 1.05. The first-order valence-corrected chi connectivity index (χ1v) is 11.7. The van der Waals surface area contributed by atoms with Gasteiger partial charge in [-0.05, 0) is 44.9 Å². The van der Waals surface area contributed by atoms with Crippen molar-refractivity contribution in [1.29, 1.82) is 0 Å². The van der Waals surface area contributed by atoms with Gasteiger partial charge in [-0.3, -0.25) is 9.36 Å². The maximum Gasteiger partial charge on any atom is 0.224 e. The lowest BCUT2D eigenvalue weighted by Crippen LogP contribution is -2.29. The number of aliphatic hydroxyl groups excluding tert-OH is 1. The van der Waals surface area contributed by atoms with Crippen molar-refractivity contribution >= 4 is 34.7 Å². The second kappa shape index (κ2) is 9.33. The van der Waals surface area contributed by atoms with Crippen LogP contribution in [0.3, 0.4) is 0 Å². The Morgan fingerprint density at radius 1 is 1.06 bits per heavy atom. The summed E-state index contributed by atoms with van der Waals surface area (Å²) in [4.78, 5) is 25.0. The molecule has 2 aliphatic rings. The molecule has 0 bridgehead atoms. The van der Waals surface area contributed by atoms with Crippen LogP contribution in [0.5, 0.6) is 0 Å². The van der Waals surface area contributed by atoms with E-state index in [1.54, 1.807) is 4.57 Å². The molecular formula is C23H26F3N7O2. The fourth-order valence-corrected chi connectivity index (χ4v) is 5.06. The number of rotatable bonds is 6. The third-order valence-corrected chi connectivity index (χ3v) is 6.88. The number of hydrogen-bond donors (Lipinski definition) is 4. The monoisotopic (exact) mass is 489 g/mol. The zero-order valence-corrected chi connectivity index (χ0v) is 18.8. The molecule has 0 radical (unpaired) electrons. The lowest BCUT2D eigenvalue weighted by atomic mass is 9.85. The highest BCUT2D eigenvalue weighted by Crippen LogP contribution is 2.37. The third-order valence-electron chi connectivity index (χ3n) is 6.88. The van der Waals surface area contributed by atoms with Gasteiger partial charge in [0.2, 0.25) is 17.8 Å². The fourth-order valence-electron chi connectivity index (χ4n) is 5.06. The Kier molecular flexibility index (Phi) is 6.22. The molecule has 2 atom stereocenters. The number of imidazole rings is 1. The van der Waals surface area contributed by atoms with E-state index in [9.17, 15) is 23.1 Å². The molecular weight excluding hydrogens is 463 g/mol. The summed E-state index contributed by atoms with van der Waals surface area (Å²) in [6.07, 6.45) is 5.53. The van der Waals surface area contributed by atoms with Crippen molar-refractivity contribution in [3.05, 3.63) is 35.8 Å². The largest absolute Gasteiger partial charge is 0.393 e. The van der Waals surface area contributed by atoms with Crippen LogP contribution in [0.25, 0.3) is 11.2 Å². The van der Waals surface area contributed by atoms with E-state index in [1.807, 2.05) is 0 Å². The van der Waals surface area contributed by atoms with Gasteiger partial charge in [-0.15, -0.1) is 0 Å². The molecule has 3 aromatic rings. The quantitative estimate of drug-likeness (QED) is 0.417. The highest BCUT2D eigenvalue weighted by atomic mass is 19.1. The minimum absolute atomic E-state index is 0.0322. The van der Waals surface area contributed by atoms with Crippen LogP contribution in [0.1, 0.15) is 51.0 Å². The lowest BCUT2D eigenvalue weighted by molar-refractivity contribution is -0.122. The first-order chi connectivity index (χ1) is 16.8. The molecule has 1 aromatic carbocycles. The first kappa shape index (κ1) is 23.3. The SMILES string of the molecule is NC(=O)[C@H]1CC[C@H](n2c(Nc3c(F)cc(F)cc3F)nc3cnc(N[C@@H]4CC[C@H](O)C4)nc32)CC1. The number of halogens is 3. The van der Waals surface area contributed by atoms with Gasteiger partial charge < -0.3 is 21.5 Å². The summed E-state index contributed by atoms with van der Waals surface area (Å²) in [5, 5.41) is 15.7. The van der Waals surface area contributed by atoms with Crippen LogP contribution >= 0.6 is 0 Å². The summed E-state index contributed by atoms with van der Waals surface area (Å²) >= 11 is 0. The molecule has 0 unspecified atom stereocenters. The van der Waals surface area contributed by atoms with Crippen molar-refractivity contribution in [1.82, 2.24) is 19.5 Å². The molecule has 2 saturated carbocycles. The van der Waals surface area contributed by atoms with Gasteiger partial charge in [0.15, 0.2) is 17.3 Å². The highest BCUT2D eigenvalue weighted by Gasteiger charge is 2.30. The van der Waals surface area contributed by atoms with Gasteiger partial charge >= 0.3 is 0 Å². The number of nitrogens with one attached hydrogen (secondary N) is 2. The zero-order valence-electron chi connectivity index (χ0n) is 18.8. The van der Waals surface area contributed by atoms with Crippen LogP contribution in [-0.2, 0) is 4.79 Å². The van der Waals surface area contributed by atoms with Crippen molar-refractivity contribution in [3.8, 4) is 0 Å². The van der Waals surface area contributed by atoms with Crippen LogP contribution in [0.2, 0.25) is 0 Å². The summed E-state index contributed by atoms with van der Waals surface area (Å²) < 4.78 is 44.0. The third kappa shape index (κ3) is 4.75. The topological polar surface area (TPSA) is 131 Å². The number of anilines is 3. The summed E-state index contributed by atoms with van der Waals surface area (Å²) in [6.45, 7) is 0. The molecule has 5 N–H and O–H groups in total. The van der Waals surface area contributed by atoms with Crippen molar-refractivity contribution in [2.45, 2.75) is 63.1 Å². The predicted octanol–water partition coefficient (Wildman–Crippen LogP) is 3.53. The standard InChI is InChI=1S/C23H26F3N7O2/c24-12-7-16(25)19(17(26)8-12)31-23-30-18-10-28-22(29-13-3-6-15(34)9-13)32-21(18)33(23)14-4-1-11(2-5-14)20(27)35/h7-8,10-11,13-15,34H,1-6,9H2,(H2,27,35)(H,30,31)(H,28,29,32)/t11-,13-,14-,15+/m1/s1. The van der Waals surface area contributed by atoms with Crippen molar-refractivity contribution in [2.75, 3.05) is 10.6 Å². The lowest BCUT2D eigenvalue weighted by Gasteiger charge is -2.29. The Balaban J connectivity index is 1.52. The number of nitrogens with zero attached hydrogens (tertiary/aromatic N) is 4. The molecule has 186 valence electrons. The smallest absolute Gasteiger partial charge is 0.224 e. The molecule has 0 saturated heterocycles. The maximum absolute atomic E-state index is 14.4. The van der Waals surface area contributed by atoms with Crippen LogP contribution in [0.4, 0.5) is 30.8 Å². The number of fused-ring (bicyclic) bond motifs is 1. The number of benzene rings is 1. The molecule has 35 heavy (non-hydrogen) atoms. The molecule has 0 aliphatic heterocycles. The van der Waals surface area contributed by atoms with Gasteiger partial charge in [-0.25, -0.2) is 23.1 Å². The molecule has 2 fully saturated rings. The molecule has 9 nitrogen and oxygen atoms in total. The van der Waals surface area contributed by atoms with E-state index in [2.05, 4.69) is 25.6 Å². The summed E-state index contributed by atoms with van der Waals surface area (Å²) in [7, 11) is 0. The predicted molar refractivity (Wildman–Crippen MR) is 122 cm³/mol. The van der Waals surface area contributed by atoms with E-state index in [1.165, 1.54) is 6.20 Å². The van der Waals surface area contributed by atoms with Gasteiger partial charge in [-0.2, -0.15) is 4.98 Å². The second-order valence-electron chi connectivity index (χ2n) is 9.29. The maximum atomic E-state index is 14.4. The van der Waals surface area contributed by atoms with E-state index in [-0.39, 0.29) is 36.0 Å². The van der Waals surface area contributed by atoms with Crippen LogP contribution in [0, 0.1) is 23.4 Å². The Morgan fingerprint density at radius 2 is 1.77 bits per heavy atom. The Hall–Kier alpha value is -3.41. The van der Waals surface area contributed by atoms with Crippen LogP contribution in [-0.4, -0.2) is 42.7 Å². The van der Waals surface area contributed by atoms with Crippen molar-refractivity contribution in [3.63, 3.8) is 0 Å². The molecule has 1 amide bonds. The van der Waals surface area contributed by atoms with E-state index < -0.39 is 23.1 Å². The number of nitrogens with two attached hydrogens (primary N) is 1. The number of aromatic nitrogens is 4. The van der Waals surface area contributed by atoms with Gasteiger partial charge in [0, 0.05) is 30.1 Å². The van der Waals surface area contributed by atoms with Crippen LogP contribution < -0.4 is 16.4 Å². The molecule has 2 aromatic heterocycles. The number of hydrogen-bond acceptors (Lipinski definition) is 7. The molecule has 5 rings (SSSR count). The average molecular weight is 490 g/mol. The van der Waals surface area contributed by atoms with Gasteiger partial charge in [0.25, 0.3) is 0 Å². The molecule has 2 aliphatic carbocycles. The van der Waals surface area contributed by atoms with E-state index in [0.717, 1.165) is 6.42 Å². The van der Waals surface area contributed by atoms with Crippen LogP contribution in [0.15, 0.2) is 18.3 Å². The van der Waals surface area contributed by atoms with E-state index >= 15 is 0 Å². The Bertz CT molecular complexity index is 1240. The van der Waals surface area contributed by atoms with Crippen molar-refractivity contribution < 1.29 is 23.1 Å². The molecule has 0 spiro atoms. The van der Waals surface area contributed by atoms with E-state index in [0.29, 0.717) is 67.8 Å². The van der Waals surface area contributed by atoms with Gasteiger partial charge in [0.05, 0.1) is 12.3 Å². The Labute approximate surface area is 199 Å². The summed E-state index contributed by atoms with van der Waals surface area (Å²) in [5.74, 6) is -3.30. The second-order valence-corrected chi connectivity index (χ2v) is 9.29. The fraction of sp³-hybridized carbons (Fsp3) is 0.478. The average Bonchev–Trinajstić information content (AvgIpc) is 3.38. The summed E-state index contributed by atoms with van der Waals surface area (Å²) in [5.41, 5.74) is 5.81. The first-order valence-electron chi connectivity index (χ1n) is 11.7. The van der Waals surface area contributed by atoms with Gasteiger partial charge in [-0.1, -0.05) is 0 Å². The number of primary amides is 1. The normalized spacial score (nSPS) is 24.6. The van der Waals surface area contributed by atoms with E-state index in [4.69, 9.17) is 5.73 Å². The zero-order chi connectivity index (χ0) is 24.7. The number of carbonyl (C=O) groups excluding carboxylic acids is 1. The number of carbonyl (C=O) groups is 1. The highest BCUT2D eigenvalue weighted by molar-refractivity contribution is 5.78. The minimum Gasteiger partial charge on any atom is -0.393 e. The Morgan fingerprint density at radius 3 is 2.40 bits per heavy atom. The van der Waals surface area contributed by atoms with Crippen molar-refractivity contribution in [2.24, 2.45) is 11.7 Å². The minimum atomic E-state index is -1.09. The molecule has 2 heterocycles.